The molecule has 0 aliphatic rings. The van der Waals surface area contributed by atoms with Crippen LogP contribution in [0.2, 0.25) is 0 Å². The molecule has 1 heterocycles. The number of fused-ring (bicyclic) bond motifs is 1. The molecule has 0 unspecified atom stereocenters. The van der Waals surface area contributed by atoms with Crippen LogP contribution >= 0.6 is 0 Å². The highest BCUT2D eigenvalue weighted by Gasteiger charge is 2.13. The van der Waals surface area contributed by atoms with Crippen LogP contribution in [0.15, 0.2) is 41.2 Å². The van der Waals surface area contributed by atoms with Gasteiger partial charge in [-0.25, -0.2) is 4.98 Å². The average molecular weight is 339 g/mol. The monoisotopic (exact) mass is 339 g/mol. The van der Waals surface area contributed by atoms with E-state index in [1.54, 1.807) is 36.4 Å². The fourth-order valence-corrected chi connectivity index (χ4v) is 2.54. The summed E-state index contributed by atoms with van der Waals surface area (Å²) >= 11 is 0. The van der Waals surface area contributed by atoms with Crippen LogP contribution in [0.25, 0.3) is 22.3 Å². The number of H-pyrrole nitrogens is 1. The van der Waals surface area contributed by atoms with Crippen molar-refractivity contribution in [2.24, 2.45) is 0 Å². The van der Waals surface area contributed by atoms with Gasteiger partial charge in [0.05, 0.1) is 19.7 Å². The van der Waals surface area contributed by atoms with E-state index in [1.165, 1.54) is 21.1 Å². The van der Waals surface area contributed by atoms with E-state index in [1.807, 2.05) is 0 Å². The fraction of sp³-hybridized carbons (Fsp3) is 0.167. The Hall–Kier alpha value is -3.35. The van der Waals surface area contributed by atoms with Crippen molar-refractivity contribution in [1.29, 1.82) is 0 Å². The topological polar surface area (TPSA) is 93.3 Å². The molecule has 7 heteroatoms. The number of ether oxygens (including phenoxy) is 2. The summed E-state index contributed by atoms with van der Waals surface area (Å²) in [6, 6.07) is 10.4. The Labute approximate surface area is 143 Å². The second-order valence-corrected chi connectivity index (χ2v) is 5.40. The van der Waals surface area contributed by atoms with Gasteiger partial charge in [-0.1, -0.05) is 0 Å². The number of methoxy groups -OCH3 is 2. The minimum absolute atomic E-state index is 0.149. The average Bonchev–Trinajstić information content (AvgIpc) is 2.60. The molecule has 1 amide bonds. The predicted molar refractivity (Wildman–Crippen MR) is 95.2 cm³/mol. The van der Waals surface area contributed by atoms with Crippen LogP contribution in [-0.4, -0.2) is 30.1 Å². The van der Waals surface area contributed by atoms with Crippen molar-refractivity contribution in [3.05, 3.63) is 46.8 Å². The zero-order valence-electron chi connectivity index (χ0n) is 14.0. The first-order valence-corrected chi connectivity index (χ1v) is 7.56. The molecule has 0 bridgehead atoms. The zero-order valence-corrected chi connectivity index (χ0v) is 14.0. The number of hydrogen-bond donors (Lipinski definition) is 2. The lowest BCUT2D eigenvalue weighted by Crippen LogP contribution is -2.11. The predicted octanol–water partition coefficient (Wildman–Crippen LogP) is 2.57. The van der Waals surface area contributed by atoms with Crippen LogP contribution in [0.3, 0.4) is 0 Å². The van der Waals surface area contributed by atoms with Gasteiger partial charge < -0.3 is 19.8 Å². The van der Waals surface area contributed by atoms with Gasteiger partial charge in [0.25, 0.3) is 5.56 Å². The molecule has 1 aromatic heterocycles. The Kier molecular flexibility index (Phi) is 4.38. The molecule has 3 aromatic rings. The van der Waals surface area contributed by atoms with Crippen molar-refractivity contribution in [2.45, 2.75) is 6.92 Å². The first-order chi connectivity index (χ1) is 12.0. The van der Waals surface area contributed by atoms with Gasteiger partial charge in [0.2, 0.25) is 5.91 Å². The van der Waals surface area contributed by atoms with E-state index in [4.69, 9.17) is 9.47 Å². The Morgan fingerprint density at radius 3 is 2.44 bits per heavy atom. The molecule has 0 radical (unpaired) electrons. The second kappa shape index (κ2) is 6.64. The van der Waals surface area contributed by atoms with Gasteiger partial charge in [0.15, 0.2) is 0 Å². The van der Waals surface area contributed by atoms with Crippen LogP contribution in [0.5, 0.6) is 11.5 Å². The summed E-state index contributed by atoms with van der Waals surface area (Å²) in [5.74, 6) is 1.22. The van der Waals surface area contributed by atoms with Gasteiger partial charge in [-0.3, -0.25) is 9.59 Å². The summed E-state index contributed by atoms with van der Waals surface area (Å²) in [5.41, 5.74) is 1.56. The van der Waals surface area contributed by atoms with Gasteiger partial charge in [0.1, 0.15) is 22.7 Å². The molecule has 0 aliphatic heterocycles. The number of carbonyl (C=O) groups is 1. The van der Waals surface area contributed by atoms with Crippen LogP contribution in [0.4, 0.5) is 5.69 Å². The summed E-state index contributed by atoms with van der Waals surface area (Å²) in [6.07, 6.45) is 0. The molecule has 2 N–H and O–H groups in total. The molecular formula is C18H17N3O4. The Balaban J connectivity index is 2.11. The number of carbonyl (C=O) groups excluding carboxylic acids is 1. The van der Waals surface area contributed by atoms with Crippen molar-refractivity contribution in [3.63, 3.8) is 0 Å². The van der Waals surface area contributed by atoms with Crippen molar-refractivity contribution in [3.8, 4) is 22.9 Å². The van der Waals surface area contributed by atoms with Crippen LogP contribution in [0, 0.1) is 0 Å². The molecule has 0 fully saturated rings. The van der Waals surface area contributed by atoms with Gasteiger partial charge in [-0.15, -0.1) is 0 Å². The van der Waals surface area contributed by atoms with Gasteiger partial charge >= 0.3 is 0 Å². The molecule has 0 atom stereocenters. The Morgan fingerprint density at radius 1 is 1.12 bits per heavy atom. The van der Waals surface area contributed by atoms with Crippen molar-refractivity contribution in [1.82, 2.24) is 9.97 Å². The summed E-state index contributed by atoms with van der Waals surface area (Å²) < 4.78 is 10.5. The van der Waals surface area contributed by atoms with Crippen molar-refractivity contribution < 1.29 is 14.3 Å². The highest BCUT2D eigenvalue weighted by Crippen LogP contribution is 2.28. The molecule has 0 saturated heterocycles. The summed E-state index contributed by atoms with van der Waals surface area (Å²) in [6.45, 7) is 1.44. The van der Waals surface area contributed by atoms with E-state index in [9.17, 15) is 9.59 Å². The summed E-state index contributed by atoms with van der Waals surface area (Å²) in [7, 11) is 3.03. The summed E-state index contributed by atoms with van der Waals surface area (Å²) in [5, 5.41) is 3.05. The number of anilines is 1. The Morgan fingerprint density at radius 2 is 1.84 bits per heavy atom. The number of nitrogens with one attached hydrogen (secondary N) is 2. The van der Waals surface area contributed by atoms with E-state index >= 15 is 0 Å². The molecule has 0 spiro atoms. The maximum Gasteiger partial charge on any atom is 0.262 e. The number of aromatic nitrogens is 2. The second-order valence-electron chi connectivity index (χ2n) is 5.40. The smallest absolute Gasteiger partial charge is 0.262 e. The minimum atomic E-state index is -0.301. The minimum Gasteiger partial charge on any atom is -0.497 e. The first kappa shape index (κ1) is 16.5. The standard InChI is InChI=1S/C18H17N3O4/c1-10(22)19-12-6-4-11(5-7-12)17-20-14-8-13(24-2)9-15(25-3)16(14)18(23)21-17/h4-9H,1-3H3,(H,19,22)(H,20,21,23). The quantitative estimate of drug-likeness (QED) is 0.762. The number of hydrogen-bond acceptors (Lipinski definition) is 5. The largest absolute Gasteiger partial charge is 0.497 e. The maximum absolute atomic E-state index is 12.5. The van der Waals surface area contributed by atoms with E-state index in [-0.39, 0.29) is 11.5 Å². The fourth-order valence-electron chi connectivity index (χ4n) is 2.54. The number of nitrogens with zero attached hydrogens (tertiary/aromatic N) is 1. The number of benzene rings is 2. The third kappa shape index (κ3) is 3.30. The Bertz CT molecular complexity index is 994. The van der Waals surface area contributed by atoms with Gasteiger partial charge in [-0.05, 0) is 24.3 Å². The van der Waals surface area contributed by atoms with Crippen LogP contribution in [0.1, 0.15) is 6.92 Å². The molecular weight excluding hydrogens is 322 g/mol. The van der Waals surface area contributed by atoms with Crippen LogP contribution < -0.4 is 20.3 Å². The first-order valence-electron chi connectivity index (χ1n) is 7.56. The van der Waals surface area contributed by atoms with Crippen LogP contribution in [-0.2, 0) is 4.79 Å². The highest BCUT2D eigenvalue weighted by molar-refractivity contribution is 5.89. The molecule has 2 aromatic carbocycles. The van der Waals surface area contributed by atoms with E-state index in [0.717, 1.165) is 5.56 Å². The SMILES string of the molecule is COc1cc(OC)c2c(=O)[nH]c(-c3ccc(NC(C)=O)cc3)nc2c1. The van der Waals surface area contributed by atoms with Gasteiger partial charge in [0, 0.05) is 30.3 Å². The number of aromatic amines is 1. The molecule has 25 heavy (non-hydrogen) atoms. The van der Waals surface area contributed by atoms with Gasteiger partial charge in [-0.2, -0.15) is 0 Å². The highest BCUT2D eigenvalue weighted by atomic mass is 16.5. The molecule has 128 valence electrons. The van der Waals surface area contributed by atoms with E-state index in [0.29, 0.717) is 33.9 Å². The zero-order chi connectivity index (χ0) is 18.0. The lowest BCUT2D eigenvalue weighted by molar-refractivity contribution is -0.114. The van der Waals surface area contributed by atoms with Crippen molar-refractivity contribution >= 4 is 22.5 Å². The third-order valence-electron chi connectivity index (χ3n) is 3.68. The lowest BCUT2D eigenvalue weighted by Gasteiger charge is -2.09. The molecule has 0 aliphatic carbocycles. The number of rotatable bonds is 4. The van der Waals surface area contributed by atoms with Crippen molar-refractivity contribution in [2.75, 3.05) is 19.5 Å². The molecule has 0 saturated carbocycles. The lowest BCUT2D eigenvalue weighted by atomic mass is 10.1. The molecule has 7 nitrogen and oxygen atoms in total. The molecule has 3 rings (SSSR count). The maximum atomic E-state index is 12.5. The third-order valence-corrected chi connectivity index (χ3v) is 3.68. The van der Waals surface area contributed by atoms with E-state index < -0.39 is 0 Å². The van der Waals surface area contributed by atoms with E-state index in [2.05, 4.69) is 15.3 Å². The normalized spacial score (nSPS) is 10.5. The number of amides is 1. The summed E-state index contributed by atoms with van der Waals surface area (Å²) in [4.78, 5) is 30.9.